The van der Waals surface area contributed by atoms with Crippen molar-refractivity contribution in [1.82, 2.24) is 9.55 Å². The van der Waals surface area contributed by atoms with E-state index in [-0.39, 0.29) is 12.2 Å². The number of aryl methyl sites for hydroxylation is 2. The molecule has 2 N–H and O–H groups in total. The molecule has 1 aliphatic rings. The number of aromatic nitrogens is 2. The minimum absolute atomic E-state index is 0.00893. The predicted octanol–water partition coefficient (Wildman–Crippen LogP) is 4.34. The summed E-state index contributed by atoms with van der Waals surface area (Å²) in [6.07, 6.45) is 4.20. The number of anilines is 1. The molecule has 3 aromatic rings. The van der Waals surface area contributed by atoms with E-state index in [1.165, 1.54) is 22.2 Å². The summed E-state index contributed by atoms with van der Waals surface area (Å²) >= 11 is 4.02. The van der Waals surface area contributed by atoms with Gasteiger partial charge in [0.1, 0.15) is 20.8 Å². The lowest BCUT2D eigenvalue weighted by atomic mass is 9.97. The second kappa shape index (κ2) is 9.02. The van der Waals surface area contributed by atoms with E-state index in [1.54, 1.807) is 22.8 Å². The van der Waals surface area contributed by atoms with Crippen molar-refractivity contribution in [3.05, 3.63) is 36.8 Å². The SMILES string of the molecule is CCOC(=O)c1sc(N)c(C#N)c1CSc1nc2sc3c(c2c(=O)n1CC)CCCC3. The highest BCUT2D eigenvalue weighted by molar-refractivity contribution is 7.98. The van der Waals surface area contributed by atoms with Crippen molar-refractivity contribution >= 4 is 55.6 Å². The number of fused-ring (bicyclic) bond motifs is 3. The third-order valence-corrected chi connectivity index (χ3v) is 8.54. The van der Waals surface area contributed by atoms with E-state index in [1.807, 2.05) is 6.92 Å². The molecule has 3 heterocycles. The standard InChI is InChI=1S/C21H22N4O3S3/c1-3-25-19(26)15-11-7-5-6-8-14(11)30-18(15)24-21(25)29-10-13-12(9-22)17(23)31-16(13)20(27)28-4-2/h3-8,10,23H2,1-2H3. The summed E-state index contributed by atoms with van der Waals surface area (Å²) in [6.45, 7) is 4.39. The van der Waals surface area contributed by atoms with Crippen molar-refractivity contribution in [3.63, 3.8) is 0 Å². The summed E-state index contributed by atoms with van der Waals surface area (Å²) in [5, 5.41) is 11.2. The molecule has 0 atom stereocenters. The number of hydrogen-bond acceptors (Lipinski definition) is 9. The summed E-state index contributed by atoms with van der Waals surface area (Å²) in [7, 11) is 0. The van der Waals surface area contributed by atoms with Crippen molar-refractivity contribution in [3.8, 4) is 6.07 Å². The fourth-order valence-electron chi connectivity index (χ4n) is 3.85. The maximum absolute atomic E-state index is 13.3. The first-order valence-corrected chi connectivity index (χ1v) is 12.8. The number of nitrogen functional groups attached to an aromatic ring is 1. The number of nitrogens with zero attached hydrogens (tertiary/aromatic N) is 3. The fourth-order valence-corrected chi connectivity index (χ4v) is 7.27. The Hall–Kier alpha value is -2.35. The molecule has 1 aliphatic carbocycles. The van der Waals surface area contributed by atoms with Crippen LogP contribution in [0.2, 0.25) is 0 Å². The van der Waals surface area contributed by atoms with Gasteiger partial charge in [0.25, 0.3) is 5.56 Å². The summed E-state index contributed by atoms with van der Waals surface area (Å²) < 4.78 is 6.81. The monoisotopic (exact) mass is 474 g/mol. The number of nitriles is 1. The van der Waals surface area contributed by atoms with E-state index in [0.717, 1.165) is 47.2 Å². The van der Waals surface area contributed by atoms with Gasteiger partial charge < -0.3 is 10.5 Å². The molecule has 162 valence electrons. The van der Waals surface area contributed by atoms with Crippen LogP contribution in [0.5, 0.6) is 0 Å². The lowest BCUT2D eigenvalue weighted by molar-refractivity contribution is 0.0531. The maximum atomic E-state index is 13.3. The Morgan fingerprint density at radius 1 is 1.32 bits per heavy atom. The summed E-state index contributed by atoms with van der Waals surface area (Å²) in [5.41, 5.74) is 7.97. The number of ether oxygens (including phenoxy) is 1. The van der Waals surface area contributed by atoms with Gasteiger partial charge in [0.2, 0.25) is 0 Å². The van der Waals surface area contributed by atoms with Crippen molar-refractivity contribution in [2.75, 3.05) is 12.3 Å². The van der Waals surface area contributed by atoms with Crippen LogP contribution in [0.1, 0.15) is 57.9 Å². The van der Waals surface area contributed by atoms with Crippen LogP contribution in [0, 0.1) is 11.3 Å². The van der Waals surface area contributed by atoms with Crippen LogP contribution in [0.3, 0.4) is 0 Å². The zero-order valence-electron chi connectivity index (χ0n) is 17.3. The molecule has 4 rings (SSSR count). The molecule has 0 spiro atoms. The number of rotatable bonds is 6. The van der Waals surface area contributed by atoms with Gasteiger partial charge in [0, 0.05) is 22.7 Å². The molecule has 0 aliphatic heterocycles. The van der Waals surface area contributed by atoms with Crippen LogP contribution < -0.4 is 11.3 Å². The van der Waals surface area contributed by atoms with E-state index in [0.29, 0.717) is 38.5 Å². The van der Waals surface area contributed by atoms with E-state index >= 15 is 0 Å². The topological polar surface area (TPSA) is 111 Å². The molecular formula is C21H22N4O3S3. The number of hydrogen-bond donors (Lipinski definition) is 1. The van der Waals surface area contributed by atoms with E-state index in [2.05, 4.69) is 6.07 Å². The third-order valence-electron chi connectivity index (χ3n) is 5.31. The van der Waals surface area contributed by atoms with Crippen LogP contribution in [-0.4, -0.2) is 22.1 Å². The van der Waals surface area contributed by atoms with Crippen LogP contribution in [0.15, 0.2) is 9.95 Å². The third kappa shape index (κ3) is 3.86. The number of esters is 1. The molecule has 7 nitrogen and oxygen atoms in total. The van der Waals surface area contributed by atoms with Gasteiger partial charge in [-0.05, 0) is 45.1 Å². The van der Waals surface area contributed by atoms with Crippen LogP contribution in [0.25, 0.3) is 10.2 Å². The molecule has 0 bridgehead atoms. The Morgan fingerprint density at radius 2 is 2.10 bits per heavy atom. The minimum Gasteiger partial charge on any atom is -0.462 e. The molecule has 0 aromatic carbocycles. The number of nitrogens with two attached hydrogens (primary N) is 1. The van der Waals surface area contributed by atoms with Crippen LogP contribution in [0.4, 0.5) is 5.00 Å². The zero-order valence-corrected chi connectivity index (χ0v) is 19.8. The summed E-state index contributed by atoms with van der Waals surface area (Å²) in [4.78, 5) is 32.9. The van der Waals surface area contributed by atoms with Crippen molar-refractivity contribution in [2.24, 2.45) is 0 Å². The summed E-state index contributed by atoms with van der Waals surface area (Å²) in [6, 6.07) is 2.10. The molecule has 0 radical (unpaired) electrons. The first-order valence-electron chi connectivity index (χ1n) is 10.2. The lowest BCUT2D eigenvalue weighted by Gasteiger charge is -2.12. The zero-order chi connectivity index (χ0) is 22.1. The Balaban J connectivity index is 1.74. The molecule has 0 saturated heterocycles. The van der Waals surface area contributed by atoms with Gasteiger partial charge in [0.05, 0.1) is 17.6 Å². The van der Waals surface area contributed by atoms with Crippen LogP contribution in [-0.2, 0) is 29.9 Å². The molecule has 0 saturated carbocycles. The first kappa shape index (κ1) is 21.9. The van der Waals surface area contributed by atoms with E-state index in [9.17, 15) is 14.9 Å². The predicted molar refractivity (Wildman–Crippen MR) is 125 cm³/mol. The quantitative estimate of drug-likeness (QED) is 0.321. The maximum Gasteiger partial charge on any atom is 0.348 e. The van der Waals surface area contributed by atoms with Gasteiger partial charge >= 0.3 is 5.97 Å². The number of thioether (sulfide) groups is 1. The van der Waals surface area contributed by atoms with Gasteiger partial charge in [-0.25, -0.2) is 9.78 Å². The Kier molecular flexibility index (Phi) is 6.36. The molecule has 0 amide bonds. The van der Waals surface area contributed by atoms with Gasteiger partial charge in [-0.1, -0.05) is 11.8 Å². The Labute approximate surface area is 191 Å². The highest BCUT2D eigenvalue weighted by atomic mass is 32.2. The van der Waals surface area contributed by atoms with Gasteiger partial charge in [-0.15, -0.1) is 22.7 Å². The van der Waals surface area contributed by atoms with Gasteiger partial charge in [-0.3, -0.25) is 9.36 Å². The molecule has 0 unspecified atom stereocenters. The minimum atomic E-state index is -0.487. The Bertz CT molecular complexity index is 1270. The molecule has 0 fully saturated rings. The summed E-state index contributed by atoms with van der Waals surface area (Å²) in [5.74, 6) is -0.188. The number of thiophene rings is 2. The number of carbonyl (C=O) groups is 1. The second-order valence-electron chi connectivity index (χ2n) is 7.10. The normalized spacial score (nSPS) is 13.2. The molecule has 31 heavy (non-hydrogen) atoms. The highest BCUT2D eigenvalue weighted by Crippen LogP contribution is 2.37. The average Bonchev–Trinajstić information content (AvgIpc) is 3.29. The smallest absolute Gasteiger partial charge is 0.348 e. The number of carbonyl (C=O) groups excluding carboxylic acids is 1. The molecular weight excluding hydrogens is 452 g/mol. The molecule has 10 heteroatoms. The van der Waals surface area contributed by atoms with E-state index < -0.39 is 5.97 Å². The van der Waals surface area contributed by atoms with E-state index in [4.69, 9.17) is 15.5 Å². The first-order chi connectivity index (χ1) is 15.0. The average molecular weight is 475 g/mol. The van der Waals surface area contributed by atoms with Crippen molar-refractivity contribution in [1.29, 1.82) is 5.26 Å². The molecule has 3 aromatic heterocycles. The second-order valence-corrected chi connectivity index (χ2v) is 10.2. The van der Waals surface area contributed by atoms with Crippen molar-refractivity contribution < 1.29 is 9.53 Å². The van der Waals surface area contributed by atoms with Gasteiger partial charge in [0.15, 0.2) is 5.16 Å². The fraction of sp³-hybridized carbons (Fsp3) is 0.429. The Morgan fingerprint density at radius 3 is 2.81 bits per heavy atom. The van der Waals surface area contributed by atoms with Crippen LogP contribution >= 0.6 is 34.4 Å². The largest absolute Gasteiger partial charge is 0.462 e. The van der Waals surface area contributed by atoms with Gasteiger partial charge in [-0.2, -0.15) is 5.26 Å². The lowest BCUT2D eigenvalue weighted by Crippen LogP contribution is -2.23. The highest BCUT2D eigenvalue weighted by Gasteiger charge is 2.25. The van der Waals surface area contributed by atoms with Crippen molar-refractivity contribution in [2.45, 2.75) is 57.0 Å².